The van der Waals surface area contributed by atoms with Crippen molar-refractivity contribution >= 4 is 6.03 Å². The van der Waals surface area contributed by atoms with E-state index in [1.165, 1.54) is 4.90 Å². The van der Waals surface area contributed by atoms with E-state index in [1.807, 2.05) is 5.43 Å². The molecule has 1 aliphatic rings. The van der Waals surface area contributed by atoms with Gasteiger partial charge in [-0.25, -0.2) is 10.6 Å². The molecule has 0 aromatic rings. The summed E-state index contributed by atoms with van der Waals surface area (Å²) in [5.41, 5.74) is 2.05. The minimum absolute atomic E-state index is 0.0413. The third kappa shape index (κ3) is 1.84. The van der Waals surface area contributed by atoms with E-state index in [4.69, 9.17) is 10.9 Å². The van der Waals surface area contributed by atoms with Crippen molar-refractivity contribution in [1.82, 2.24) is 15.6 Å². The van der Waals surface area contributed by atoms with Gasteiger partial charge in [-0.1, -0.05) is 0 Å². The molecule has 2 amide bonds. The van der Waals surface area contributed by atoms with Crippen molar-refractivity contribution in [3.05, 3.63) is 0 Å². The molecule has 1 atom stereocenters. The van der Waals surface area contributed by atoms with Gasteiger partial charge in [0.2, 0.25) is 0 Å². The Balaban J connectivity index is 2.52. The van der Waals surface area contributed by atoms with Crippen molar-refractivity contribution < 1.29 is 9.90 Å². The summed E-state index contributed by atoms with van der Waals surface area (Å²) in [4.78, 5) is 12.6. The van der Waals surface area contributed by atoms with Crippen molar-refractivity contribution in [3.63, 3.8) is 0 Å². The van der Waals surface area contributed by atoms with Crippen LogP contribution in [0.1, 0.15) is 0 Å². The Labute approximate surface area is 70.7 Å². The van der Waals surface area contributed by atoms with Crippen LogP contribution in [0, 0.1) is 0 Å². The van der Waals surface area contributed by atoms with Gasteiger partial charge in [-0.15, -0.1) is 0 Å². The molecule has 12 heavy (non-hydrogen) atoms. The van der Waals surface area contributed by atoms with Crippen molar-refractivity contribution in [1.29, 1.82) is 0 Å². The van der Waals surface area contributed by atoms with Gasteiger partial charge in [0, 0.05) is 19.6 Å². The van der Waals surface area contributed by atoms with E-state index in [2.05, 4.69) is 5.32 Å². The zero-order valence-electron chi connectivity index (χ0n) is 6.79. The van der Waals surface area contributed by atoms with E-state index in [0.29, 0.717) is 13.1 Å². The van der Waals surface area contributed by atoms with Gasteiger partial charge >= 0.3 is 6.03 Å². The quantitative estimate of drug-likeness (QED) is 0.207. The fraction of sp³-hybridized carbons (Fsp3) is 0.833. The highest BCUT2D eigenvalue weighted by Crippen LogP contribution is 2.01. The van der Waals surface area contributed by atoms with Crippen molar-refractivity contribution in [2.75, 3.05) is 26.2 Å². The highest BCUT2D eigenvalue weighted by molar-refractivity contribution is 5.74. The Morgan fingerprint density at radius 3 is 3.17 bits per heavy atom. The number of amides is 2. The second kappa shape index (κ2) is 4.24. The summed E-state index contributed by atoms with van der Waals surface area (Å²) in [6.45, 7) is 1.89. The molecule has 6 heteroatoms. The monoisotopic (exact) mass is 174 g/mol. The SMILES string of the molecule is NNC(=O)N1CCNCC1CO. The molecule has 0 saturated carbocycles. The van der Waals surface area contributed by atoms with Crippen LogP contribution in [0.5, 0.6) is 0 Å². The molecule has 0 aromatic carbocycles. The van der Waals surface area contributed by atoms with Gasteiger partial charge in [0.05, 0.1) is 12.6 Å². The summed E-state index contributed by atoms with van der Waals surface area (Å²) in [5, 5.41) is 12.0. The zero-order chi connectivity index (χ0) is 8.97. The van der Waals surface area contributed by atoms with Gasteiger partial charge in [0.25, 0.3) is 0 Å². The average Bonchev–Trinajstić information content (AvgIpc) is 2.16. The van der Waals surface area contributed by atoms with Crippen LogP contribution >= 0.6 is 0 Å². The lowest BCUT2D eigenvalue weighted by atomic mass is 10.2. The smallest absolute Gasteiger partial charge is 0.331 e. The lowest BCUT2D eigenvalue weighted by Crippen LogP contribution is -2.58. The molecule has 5 N–H and O–H groups in total. The number of aliphatic hydroxyl groups is 1. The number of carbonyl (C=O) groups excluding carboxylic acids is 1. The molecule has 70 valence electrons. The van der Waals surface area contributed by atoms with Gasteiger partial charge in [-0.05, 0) is 0 Å². The Morgan fingerprint density at radius 2 is 2.58 bits per heavy atom. The van der Waals surface area contributed by atoms with Crippen molar-refractivity contribution in [2.24, 2.45) is 5.84 Å². The number of urea groups is 1. The van der Waals surface area contributed by atoms with E-state index >= 15 is 0 Å². The Bertz CT molecular complexity index is 164. The first kappa shape index (κ1) is 9.24. The average molecular weight is 174 g/mol. The van der Waals surface area contributed by atoms with Gasteiger partial charge < -0.3 is 15.3 Å². The highest BCUT2D eigenvalue weighted by atomic mass is 16.3. The van der Waals surface area contributed by atoms with Gasteiger partial charge in [0.15, 0.2) is 0 Å². The number of piperazine rings is 1. The summed E-state index contributed by atoms with van der Waals surface area (Å²) in [5.74, 6) is 4.98. The molecule has 1 rings (SSSR count). The van der Waals surface area contributed by atoms with E-state index in [9.17, 15) is 4.79 Å². The molecule has 1 heterocycles. The largest absolute Gasteiger partial charge is 0.394 e. The minimum atomic E-state index is -0.337. The molecule has 0 bridgehead atoms. The van der Waals surface area contributed by atoms with E-state index in [-0.39, 0.29) is 18.7 Å². The number of nitrogens with zero attached hydrogens (tertiary/aromatic N) is 1. The van der Waals surface area contributed by atoms with Crippen LogP contribution in [0.15, 0.2) is 0 Å². The molecule has 0 radical (unpaired) electrons. The number of hydrogen-bond donors (Lipinski definition) is 4. The van der Waals surface area contributed by atoms with Crippen LogP contribution in [0.4, 0.5) is 4.79 Å². The molecule has 0 aliphatic carbocycles. The van der Waals surface area contributed by atoms with E-state index < -0.39 is 0 Å². The minimum Gasteiger partial charge on any atom is -0.394 e. The topological polar surface area (TPSA) is 90.6 Å². The van der Waals surface area contributed by atoms with Crippen LogP contribution in [-0.2, 0) is 0 Å². The number of hydrazine groups is 1. The maximum atomic E-state index is 11.1. The molecule has 6 nitrogen and oxygen atoms in total. The first-order valence-corrected chi connectivity index (χ1v) is 3.88. The number of nitrogens with one attached hydrogen (secondary N) is 2. The molecule has 1 fully saturated rings. The lowest BCUT2D eigenvalue weighted by molar-refractivity contribution is 0.116. The van der Waals surface area contributed by atoms with E-state index in [0.717, 1.165) is 6.54 Å². The Kier molecular flexibility index (Phi) is 3.27. The number of hydrogen-bond acceptors (Lipinski definition) is 4. The maximum absolute atomic E-state index is 11.1. The highest BCUT2D eigenvalue weighted by Gasteiger charge is 2.24. The fourth-order valence-corrected chi connectivity index (χ4v) is 1.27. The summed E-state index contributed by atoms with van der Waals surface area (Å²) < 4.78 is 0. The summed E-state index contributed by atoms with van der Waals surface area (Å²) in [7, 11) is 0. The van der Waals surface area contributed by atoms with Crippen LogP contribution in [0.25, 0.3) is 0 Å². The normalized spacial score (nSPS) is 23.8. The predicted octanol–water partition coefficient (Wildman–Crippen LogP) is -2.16. The molecule has 0 aromatic heterocycles. The molecule has 1 aliphatic heterocycles. The van der Waals surface area contributed by atoms with Crippen molar-refractivity contribution in [3.8, 4) is 0 Å². The van der Waals surface area contributed by atoms with E-state index in [1.54, 1.807) is 0 Å². The summed E-state index contributed by atoms with van der Waals surface area (Å²) >= 11 is 0. The number of carbonyl (C=O) groups is 1. The standard InChI is InChI=1S/C6H14N4O2/c7-9-6(12)10-2-1-8-3-5(10)4-11/h5,8,11H,1-4,7H2,(H,9,12). The summed E-state index contributed by atoms with van der Waals surface area (Å²) in [6.07, 6.45) is 0. The Morgan fingerprint density at radius 1 is 1.83 bits per heavy atom. The predicted molar refractivity (Wildman–Crippen MR) is 43.2 cm³/mol. The van der Waals surface area contributed by atoms with Crippen molar-refractivity contribution in [2.45, 2.75) is 6.04 Å². The van der Waals surface area contributed by atoms with Crippen LogP contribution in [-0.4, -0.2) is 48.3 Å². The second-order valence-corrected chi connectivity index (χ2v) is 2.68. The molecular weight excluding hydrogens is 160 g/mol. The van der Waals surface area contributed by atoms with Gasteiger partial charge in [-0.3, -0.25) is 5.43 Å². The van der Waals surface area contributed by atoms with Crippen LogP contribution in [0.3, 0.4) is 0 Å². The first-order chi connectivity index (χ1) is 5.79. The number of aliphatic hydroxyl groups excluding tert-OH is 1. The summed E-state index contributed by atoms with van der Waals surface area (Å²) in [6, 6.07) is -0.502. The first-order valence-electron chi connectivity index (χ1n) is 3.88. The number of rotatable bonds is 1. The molecule has 1 saturated heterocycles. The Hall–Kier alpha value is -0.850. The third-order valence-corrected chi connectivity index (χ3v) is 1.95. The second-order valence-electron chi connectivity index (χ2n) is 2.68. The zero-order valence-corrected chi connectivity index (χ0v) is 6.79. The van der Waals surface area contributed by atoms with Gasteiger partial charge in [0.1, 0.15) is 0 Å². The van der Waals surface area contributed by atoms with Crippen LogP contribution in [0.2, 0.25) is 0 Å². The number of nitrogens with two attached hydrogens (primary N) is 1. The fourth-order valence-electron chi connectivity index (χ4n) is 1.27. The van der Waals surface area contributed by atoms with Gasteiger partial charge in [-0.2, -0.15) is 0 Å². The molecule has 1 unspecified atom stereocenters. The maximum Gasteiger partial charge on any atom is 0.331 e. The molecular formula is C6H14N4O2. The van der Waals surface area contributed by atoms with Crippen LogP contribution < -0.4 is 16.6 Å². The molecule has 0 spiro atoms. The third-order valence-electron chi connectivity index (χ3n) is 1.95. The lowest BCUT2D eigenvalue weighted by Gasteiger charge is -2.34.